The lowest BCUT2D eigenvalue weighted by atomic mass is 10.1. The molecule has 1 aliphatic heterocycles. The van der Waals surface area contributed by atoms with E-state index in [1.807, 2.05) is 0 Å². The van der Waals surface area contributed by atoms with E-state index >= 15 is 0 Å². The molecule has 0 aliphatic carbocycles. The predicted octanol–water partition coefficient (Wildman–Crippen LogP) is 0.437. The summed E-state index contributed by atoms with van der Waals surface area (Å²) in [6.45, 7) is 1.65. The van der Waals surface area contributed by atoms with E-state index in [0.717, 1.165) is 38.0 Å². The van der Waals surface area contributed by atoms with Gasteiger partial charge in [0.1, 0.15) is 10.7 Å². The second kappa shape index (κ2) is 5.85. The number of sulfonamides is 1. The summed E-state index contributed by atoms with van der Waals surface area (Å²) in [7, 11) is -3.67. The Bertz CT molecular complexity index is 515. The number of aromatic nitrogens is 1. The summed E-state index contributed by atoms with van der Waals surface area (Å²) >= 11 is 0. The van der Waals surface area contributed by atoms with E-state index in [9.17, 15) is 8.42 Å². The van der Waals surface area contributed by atoms with Gasteiger partial charge in [0.05, 0.1) is 0 Å². The molecule has 1 aromatic heterocycles. The van der Waals surface area contributed by atoms with E-state index in [1.54, 1.807) is 6.07 Å². The quantitative estimate of drug-likeness (QED) is 0.816. The van der Waals surface area contributed by atoms with Crippen molar-refractivity contribution in [3.63, 3.8) is 0 Å². The lowest BCUT2D eigenvalue weighted by Crippen LogP contribution is -2.30. The van der Waals surface area contributed by atoms with Gasteiger partial charge >= 0.3 is 0 Å². The number of nitrogens with zero attached hydrogens (tertiary/aromatic N) is 2. The summed E-state index contributed by atoms with van der Waals surface area (Å²) in [5.41, 5.74) is 5.54. The van der Waals surface area contributed by atoms with Crippen molar-refractivity contribution in [3.05, 3.63) is 18.3 Å². The molecular formula is C12H20N4O2S. The molecule has 2 rings (SSSR count). The van der Waals surface area contributed by atoms with Crippen molar-refractivity contribution in [2.45, 2.75) is 36.6 Å². The van der Waals surface area contributed by atoms with Crippen molar-refractivity contribution >= 4 is 15.8 Å². The molecule has 1 unspecified atom stereocenters. The lowest BCUT2D eigenvalue weighted by molar-refractivity contribution is 0.581. The fourth-order valence-corrected chi connectivity index (χ4v) is 2.96. The van der Waals surface area contributed by atoms with Gasteiger partial charge in [0.25, 0.3) is 0 Å². The first-order valence-electron chi connectivity index (χ1n) is 6.48. The molecule has 0 radical (unpaired) electrons. The van der Waals surface area contributed by atoms with Crippen LogP contribution in [0.1, 0.15) is 25.7 Å². The molecule has 19 heavy (non-hydrogen) atoms. The molecule has 0 bridgehead atoms. The van der Waals surface area contributed by atoms with E-state index in [0.29, 0.717) is 12.6 Å². The van der Waals surface area contributed by atoms with Gasteiger partial charge in [-0.2, -0.15) is 0 Å². The van der Waals surface area contributed by atoms with Crippen molar-refractivity contribution in [2.75, 3.05) is 18.0 Å². The lowest BCUT2D eigenvalue weighted by Gasteiger charge is -2.25. The average Bonchev–Trinajstić information content (AvgIpc) is 2.83. The van der Waals surface area contributed by atoms with Gasteiger partial charge in [-0.05, 0) is 44.4 Å². The normalized spacial score (nSPS) is 19.9. The van der Waals surface area contributed by atoms with Crippen molar-refractivity contribution in [2.24, 2.45) is 10.9 Å². The van der Waals surface area contributed by atoms with Gasteiger partial charge in [0, 0.05) is 18.8 Å². The monoisotopic (exact) mass is 284 g/mol. The molecule has 0 saturated carbocycles. The molecular weight excluding hydrogens is 264 g/mol. The zero-order valence-corrected chi connectivity index (χ0v) is 11.6. The van der Waals surface area contributed by atoms with Gasteiger partial charge in [0.15, 0.2) is 0 Å². The van der Waals surface area contributed by atoms with Crippen LogP contribution >= 0.6 is 0 Å². The molecule has 0 spiro atoms. The van der Waals surface area contributed by atoms with E-state index in [1.165, 1.54) is 12.3 Å². The van der Waals surface area contributed by atoms with Crippen LogP contribution in [0.5, 0.6) is 0 Å². The minimum absolute atomic E-state index is 0.0500. The largest absolute Gasteiger partial charge is 0.354 e. The van der Waals surface area contributed by atoms with Crippen LogP contribution in [0.25, 0.3) is 0 Å². The summed E-state index contributed by atoms with van der Waals surface area (Å²) in [5.74, 6) is 0.812. The summed E-state index contributed by atoms with van der Waals surface area (Å²) < 4.78 is 22.4. The van der Waals surface area contributed by atoms with Crippen LogP contribution in [0.2, 0.25) is 0 Å². The number of hydrogen-bond donors (Lipinski definition) is 2. The second-order valence-electron chi connectivity index (χ2n) is 4.82. The fraction of sp³-hybridized carbons (Fsp3) is 0.583. The predicted molar refractivity (Wildman–Crippen MR) is 74.3 cm³/mol. The van der Waals surface area contributed by atoms with Crippen LogP contribution in [-0.2, 0) is 10.0 Å². The molecule has 6 nitrogen and oxygen atoms in total. The highest BCUT2D eigenvalue weighted by molar-refractivity contribution is 7.89. The Hall–Kier alpha value is -1.18. The third kappa shape index (κ3) is 3.43. The van der Waals surface area contributed by atoms with E-state index < -0.39 is 10.0 Å². The van der Waals surface area contributed by atoms with Crippen LogP contribution in [-0.4, -0.2) is 32.5 Å². The molecule has 0 aromatic carbocycles. The maximum atomic E-state index is 11.2. The summed E-state index contributed by atoms with van der Waals surface area (Å²) in [4.78, 5) is 6.50. The topological polar surface area (TPSA) is 102 Å². The molecule has 1 saturated heterocycles. The molecule has 1 atom stereocenters. The average molecular weight is 284 g/mol. The maximum absolute atomic E-state index is 11.2. The number of primary sulfonamides is 1. The Morgan fingerprint density at radius 1 is 1.42 bits per heavy atom. The first-order chi connectivity index (χ1) is 9.02. The zero-order chi connectivity index (χ0) is 13.9. The van der Waals surface area contributed by atoms with Gasteiger partial charge in [-0.25, -0.2) is 18.5 Å². The standard InChI is InChI=1S/C12H20N4O2S/c13-7-1-3-10-4-2-8-16(10)12-6-5-11(9-15-12)19(14,17)18/h5-6,9-10H,1-4,7-8,13H2,(H2,14,17,18). The summed E-state index contributed by atoms with van der Waals surface area (Å²) in [6.07, 6.45) is 5.64. The molecule has 4 N–H and O–H groups in total. The second-order valence-corrected chi connectivity index (χ2v) is 6.38. The molecule has 106 valence electrons. The molecule has 1 fully saturated rings. The van der Waals surface area contributed by atoms with Gasteiger partial charge in [-0.3, -0.25) is 0 Å². The molecule has 2 heterocycles. The zero-order valence-electron chi connectivity index (χ0n) is 10.8. The number of anilines is 1. The minimum Gasteiger partial charge on any atom is -0.354 e. The smallest absolute Gasteiger partial charge is 0.239 e. The molecule has 1 aliphatic rings. The SMILES string of the molecule is NCCCC1CCCN1c1ccc(S(N)(=O)=O)cn1. The van der Waals surface area contributed by atoms with Crippen molar-refractivity contribution in [1.29, 1.82) is 0 Å². The number of rotatable bonds is 5. The Morgan fingerprint density at radius 3 is 2.79 bits per heavy atom. The van der Waals surface area contributed by atoms with Crippen LogP contribution in [0, 0.1) is 0 Å². The highest BCUT2D eigenvalue weighted by Crippen LogP contribution is 2.26. The van der Waals surface area contributed by atoms with Gasteiger partial charge in [0.2, 0.25) is 10.0 Å². The van der Waals surface area contributed by atoms with E-state index in [4.69, 9.17) is 10.9 Å². The fourth-order valence-electron chi connectivity index (χ4n) is 2.50. The third-order valence-corrected chi connectivity index (χ3v) is 4.36. The van der Waals surface area contributed by atoms with Crippen molar-refractivity contribution in [3.8, 4) is 0 Å². The van der Waals surface area contributed by atoms with Crippen LogP contribution in [0.4, 0.5) is 5.82 Å². The Balaban J connectivity index is 2.13. The molecule has 1 aromatic rings. The Labute approximate surface area is 113 Å². The molecule has 7 heteroatoms. The maximum Gasteiger partial charge on any atom is 0.239 e. The Kier molecular flexibility index (Phi) is 4.38. The number of nitrogens with two attached hydrogens (primary N) is 2. The number of pyridine rings is 1. The van der Waals surface area contributed by atoms with E-state index in [-0.39, 0.29) is 4.90 Å². The van der Waals surface area contributed by atoms with Gasteiger partial charge in [-0.1, -0.05) is 0 Å². The van der Waals surface area contributed by atoms with Crippen molar-refractivity contribution in [1.82, 2.24) is 4.98 Å². The van der Waals surface area contributed by atoms with Crippen LogP contribution < -0.4 is 15.8 Å². The minimum atomic E-state index is -3.67. The van der Waals surface area contributed by atoms with Gasteiger partial charge in [-0.15, -0.1) is 0 Å². The first kappa shape index (κ1) is 14.2. The third-order valence-electron chi connectivity index (χ3n) is 3.46. The highest BCUT2D eigenvalue weighted by atomic mass is 32.2. The van der Waals surface area contributed by atoms with Crippen molar-refractivity contribution < 1.29 is 8.42 Å². The van der Waals surface area contributed by atoms with Crippen LogP contribution in [0.3, 0.4) is 0 Å². The van der Waals surface area contributed by atoms with Crippen LogP contribution in [0.15, 0.2) is 23.2 Å². The highest BCUT2D eigenvalue weighted by Gasteiger charge is 2.25. The molecule has 0 amide bonds. The number of hydrogen-bond acceptors (Lipinski definition) is 5. The summed E-state index contributed by atoms with van der Waals surface area (Å²) in [5, 5.41) is 5.06. The van der Waals surface area contributed by atoms with Gasteiger partial charge < -0.3 is 10.6 Å². The first-order valence-corrected chi connectivity index (χ1v) is 8.02. The Morgan fingerprint density at radius 2 is 2.21 bits per heavy atom. The van der Waals surface area contributed by atoms with E-state index in [2.05, 4.69) is 9.88 Å². The summed E-state index contributed by atoms with van der Waals surface area (Å²) in [6, 6.07) is 3.69.